The third kappa shape index (κ3) is 4.22. The van der Waals surface area contributed by atoms with E-state index in [4.69, 9.17) is 5.11 Å². The minimum atomic E-state index is -4.90. The number of carbonyl (C=O) groups excluding carboxylic acids is 1. The van der Waals surface area contributed by atoms with Gasteiger partial charge in [-0.1, -0.05) is 6.07 Å². The number of hydrogen-bond acceptors (Lipinski definition) is 2. The molecule has 0 spiro atoms. The predicted octanol–water partition coefficient (Wildman–Crippen LogP) is 2.50. The molecule has 0 fully saturated rings. The molecule has 1 aromatic rings. The summed E-state index contributed by atoms with van der Waals surface area (Å²) in [6.07, 6.45) is -5.51. The summed E-state index contributed by atoms with van der Waals surface area (Å²) < 4.78 is 50.9. The van der Waals surface area contributed by atoms with E-state index in [0.717, 1.165) is 13.0 Å². The van der Waals surface area contributed by atoms with E-state index in [1.165, 1.54) is 0 Å². The maximum Gasteiger partial charge on any atom is 0.419 e. The first-order valence-electron chi connectivity index (χ1n) is 5.46. The smallest absolute Gasteiger partial charge is 0.419 e. The second kappa shape index (κ2) is 5.89. The van der Waals surface area contributed by atoms with Crippen LogP contribution >= 0.6 is 0 Å². The predicted molar refractivity (Wildman–Crippen MR) is 60.2 cm³/mol. The van der Waals surface area contributed by atoms with Crippen molar-refractivity contribution in [2.24, 2.45) is 0 Å². The average Bonchev–Trinajstić information content (AvgIpc) is 2.25. The molecule has 110 valence electrons. The normalized spacial score (nSPS) is 12.8. The maximum atomic E-state index is 13.1. The minimum absolute atomic E-state index is 0.128. The average molecular weight is 293 g/mol. The van der Waals surface area contributed by atoms with Gasteiger partial charge in [0.05, 0.1) is 18.0 Å². The number of amides is 1. The highest BCUT2D eigenvalue weighted by Crippen LogP contribution is 2.33. The molecule has 4 nitrogen and oxygen atoms in total. The monoisotopic (exact) mass is 293 g/mol. The van der Waals surface area contributed by atoms with Crippen LogP contribution in [0, 0.1) is 5.82 Å². The van der Waals surface area contributed by atoms with Crippen molar-refractivity contribution in [3.05, 3.63) is 35.1 Å². The Morgan fingerprint density at radius 3 is 2.40 bits per heavy atom. The maximum absolute atomic E-state index is 13.1. The lowest BCUT2D eigenvalue weighted by atomic mass is 10.0. The van der Waals surface area contributed by atoms with Gasteiger partial charge in [-0.15, -0.1) is 0 Å². The number of carbonyl (C=O) groups is 2. The summed E-state index contributed by atoms with van der Waals surface area (Å²) in [7, 11) is 0. The highest BCUT2D eigenvalue weighted by atomic mass is 19.4. The number of carboxylic acid groups (broad SMARTS) is 1. The Hall–Kier alpha value is -2.12. The van der Waals surface area contributed by atoms with Crippen molar-refractivity contribution >= 4 is 11.9 Å². The molecule has 0 saturated carbocycles. The van der Waals surface area contributed by atoms with Gasteiger partial charge in [-0.2, -0.15) is 13.2 Å². The molecule has 0 aliphatic rings. The van der Waals surface area contributed by atoms with Crippen LogP contribution in [0.2, 0.25) is 0 Å². The van der Waals surface area contributed by atoms with E-state index in [2.05, 4.69) is 5.32 Å². The summed E-state index contributed by atoms with van der Waals surface area (Å²) in [5.74, 6) is -3.37. The zero-order valence-electron chi connectivity index (χ0n) is 10.3. The summed E-state index contributed by atoms with van der Waals surface area (Å²) in [6, 6.07) is 0.939. The Labute approximate surface area is 111 Å². The van der Waals surface area contributed by atoms with Gasteiger partial charge >= 0.3 is 12.1 Å². The van der Waals surface area contributed by atoms with Crippen molar-refractivity contribution < 1.29 is 32.3 Å². The molecule has 0 bridgehead atoms. The van der Waals surface area contributed by atoms with Crippen LogP contribution in [0.3, 0.4) is 0 Å². The van der Waals surface area contributed by atoms with Crippen LogP contribution in [-0.2, 0) is 15.8 Å². The van der Waals surface area contributed by atoms with Gasteiger partial charge in [0.15, 0.2) is 0 Å². The van der Waals surface area contributed by atoms with E-state index in [1.54, 1.807) is 0 Å². The van der Waals surface area contributed by atoms with Crippen molar-refractivity contribution in [2.75, 3.05) is 0 Å². The third-order valence-electron chi connectivity index (χ3n) is 2.45. The SMILES string of the molecule is CC(=O)NC(CC(=O)O)c1ccc(F)c(C(F)(F)F)c1. The molecule has 1 unspecified atom stereocenters. The molecule has 0 radical (unpaired) electrons. The first-order chi connectivity index (χ1) is 9.11. The molecule has 20 heavy (non-hydrogen) atoms. The van der Waals surface area contributed by atoms with Gasteiger partial charge in [0, 0.05) is 6.92 Å². The second-order valence-electron chi connectivity index (χ2n) is 4.09. The first-order valence-corrected chi connectivity index (χ1v) is 5.46. The Balaban J connectivity index is 3.20. The Kier molecular flexibility index (Phi) is 4.69. The molecular formula is C12H11F4NO3. The number of carboxylic acids is 1. The lowest BCUT2D eigenvalue weighted by molar-refractivity contribution is -0.140. The fraction of sp³-hybridized carbons (Fsp3) is 0.333. The standard InChI is InChI=1S/C12H11F4NO3/c1-6(18)17-10(5-11(19)20)7-2-3-9(13)8(4-7)12(14,15)16/h2-4,10H,5H2,1H3,(H,17,18)(H,19,20). The van der Waals surface area contributed by atoms with E-state index in [0.29, 0.717) is 12.1 Å². The molecule has 2 N–H and O–H groups in total. The number of nitrogens with one attached hydrogen (secondary N) is 1. The summed E-state index contributed by atoms with van der Waals surface area (Å²) in [6.45, 7) is 1.10. The van der Waals surface area contributed by atoms with Crippen LogP contribution in [0.25, 0.3) is 0 Å². The summed E-state index contributed by atoms with van der Waals surface area (Å²) in [4.78, 5) is 21.6. The molecule has 1 amide bonds. The highest BCUT2D eigenvalue weighted by Gasteiger charge is 2.35. The number of hydrogen-bond donors (Lipinski definition) is 2. The number of benzene rings is 1. The molecule has 1 aromatic carbocycles. The second-order valence-corrected chi connectivity index (χ2v) is 4.09. The molecule has 0 aliphatic heterocycles. The molecule has 0 heterocycles. The van der Waals surface area contributed by atoms with Crippen LogP contribution in [-0.4, -0.2) is 17.0 Å². The van der Waals surface area contributed by atoms with Crippen LogP contribution in [0.4, 0.5) is 17.6 Å². The van der Waals surface area contributed by atoms with Crippen molar-refractivity contribution in [3.63, 3.8) is 0 Å². The van der Waals surface area contributed by atoms with Crippen molar-refractivity contribution in [2.45, 2.75) is 25.6 Å². The molecule has 1 rings (SSSR count). The van der Waals surface area contributed by atoms with Gasteiger partial charge in [-0.25, -0.2) is 4.39 Å². The fourth-order valence-electron chi connectivity index (χ4n) is 1.65. The number of alkyl halides is 3. The van der Waals surface area contributed by atoms with Gasteiger partial charge in [0.1, 0.15) is 5.82 Å². The van der Waals surface area contributed by atoms with Crippen molar-refractivity contribution in [3.8, 4) is 0 Å². The van der Waals surface area contributed by atoms with Crippen molar-refractivity contribution in [1.29, 1.82) is 0 Å². The Morgan fingerprint density at radius 1 is 1.35 bits per heavy atom. The third-order valence-corrected chi connectivity index (χ3v) is 2.45. The van der Waals surface area contributed by atoms with E-state index in [1.807, 2.05) is 0 Å². The molecule has 0 aromatic heterocycles. The van der Waals surface area contributed by atoms with E-state index < -0.39 is 41.9 Å². The van der Waals surface area contributed by atoms with Gasteiger partial charge < -0.3 is 10.4 Å². The van der Waals surface area contributed by atoms with Crippen LogP contribution in [0.1, 0.15) is 30.5 Å². The number of aliphatic carboxylic acids is 1. The van der Waals surface area contributed by atoms with Crippen LogP contribution < -0.4 is 5.32 Å². The van der Waals surface area contributed by atoms with Gasteiger partial charge in [0.25, 0.3) is 0 Å². The first kappa shape index (κ1) is 15.9. The summed E-state index contributed by atoms with van der Waals surface area (Å²) >= 11 is 0. The van der Waals surface area contributed by atoms with E-state index in [9.17, 15) is 27.2 Å². The molecule has 1 atom stereocenters. The quantitative estimate of drug-likeness (QED) is 0.838. The largest absolute Gasteiger partial charge is 0.481 e. The molecule has 0 saturated heterocycles. The van der Waals surface area contributed by atoms with Crippen molar-refractivity contribution in [1.82, 2.24) is 5.32 Å². The van der Waals surface area contributed by atoms with Crippen LogP contribution in [0.5, 0.6) is 0 Å². The summed E-state index contributed by atoms with van der Waals surface area (Å²) in [5, 5.41) is 10.9. The summed E-state index contributed by atoms with van der Waals surface area (Å²) in [5.41, 5.74) is -1.63. The number of rotatable bonds is 4. The van der Waals surface area contributed by atoms with E-state index in [-0.39, 0.29) is 5.56 Å². The zero-order valence-corrected chi connectivity index (χ0v) is 10.3. The molecule has 0 aliphatic carbocycles. The topological polar surface area (TPSA) is 66.4 Å². The van der Waals surface area contributed by atoms with Gasteiger partial charge in [-0.05, 0) is 17.7 Å². The Bertz CT molecular complexity index is 512. The minimum Gasteiger partial charge on any atom is -0.481 e. The Morgan fingerprint density at radius 2 is 1.95 bits per heavy atom. The number of halogens is 4. The van der Waals surface area contributed by atoms with Gasteiger partial charge in [-0.3, -0.25) is 9.59 Å². The van der Waals surface area contributed by atoms with Crippen LogP contribution in [0.15, 0.2) is 18.2 Å². The fourth-order valence-corrected chi connectivity index (χ4v) is 1.65. The zero-order chi connectivity index (χ0) is 15.5. The molecule has 8 heteroatoms. The lowest BCUT2D eigenvalue weighted by Crippen LogP contribution is -2.28. The van der Waals surface area contributed by atoms with Gasteiger partial charge in [0.2, 0.25) is 5.91 Å². The van der Waals surface area contributed by atoms with E-state index >= 15 is 0 Å². The lowest BCUT2D eigenvalue weighted by Gasteiger charge is -2.18. The highest BCUT2D eigenvalue weighted by molar-refractivity contribution is 5.75. The molecular weight excluding hydrogens is 282 g/mol.